The zero-order chi connectivity index (χ0) is 14.5. The lowest BCUT2D eigenvalue weighted by Gasteiger charge is -2.18. The van der Waals surface area contributed by atoms with Crippen molar-refractivity contribution in [3.63, 3.8) is 0 Å². The Hall–Kier alpha value is -1.75. The third-order valence-electron chi connectivity index (χ3n) is 3.24. The van der Waals surface area contributed by atoms with Gasteiger partial charge < -0.3 is 5.32 Å². The molecule has 2 rings (SSSR count). The number of aromatic nitrogens is 3. The lowest BCUT2D eigenvalue weighted by Crippen LogP contribution is -2.25. The van der Waals surface area contributed by atoms with E-state index in [4.69, 9.17) is 0 Å². The van der Waals surface area contributed by atoms with Gasteiger partial charge in [0, 0.05) is 31.3 Å². The minimum Gasteiger partial charge on any atom is -0.310 e. The number of halogens is 1. The second kappa shape index (κ2) is 6.61. The summed E-state index contributed by atoms with van der Waals surface area (Å²) in [5.41, 5.74) is 2.48. The summed E-state index contributed by atoms with van der Waals surface area (Å²) in [4.78, 5) is 0. The zero-order valence-electron chi connectivity index (χ0n) is 12.2. The van der Waals surface area contributed by atoms with E-state index < -0.39 is 0 Å². The fourth-order valence-corrected chi connectivity index (χ4v) is 2.22. The summed E-state index contributed by atoms with van der Waals surface area (Å²) >= 11 is 0. The van der Waals surface area contributed by atoms with E-state index >= 15 is 0 Å². The first kappa shape index (κ1) is 14.7. The lowest BCUT2D eigenvalue weighted by atomic mass is 10.00. The summed E-state index contributed by atoms with van der Waals surface area (Å²) in [6.45, 7) is 4.83. The number of hydrogen-bond donors (Lipinski definition) is 1. The molecule has 4 nitrogen and oxygen atoms in total. The summed E-state index contributed by atoms with van der Waals surface area (Å²) in [6, 6.07) is 5.30. The van der Waals surface area contributed by atoms with Crippen molar-refractivity contribution in [2.24, 2.45) is 7.05 Å². The Bertz CT molecular complexity index is 565. The molecule has 0 spiro atoms. The zero-order valence-corrected chi connectivity index (χ0v) is 12.2. The first-order valence-electron chi connectivity index (χ1n) is 6.94. The molecule has 1 N–H and O–H groups in total. The van der Waals surface area contributed by atoms with Gasteiger partial charge in [-0.25, -0.2) is 4.39 Å². The van der Waals surface area contributed by atoms with Gasteiger partial charge in [-0.1, -0.05) is 24.3 Å². The van der Waals surface area contributed by atoms with Crippen molar-refractivity contribution in [1.29, 1.82) is 0 Å². The molecule has 1 heterocycles. The fraction of sp³-hybridized carbons (Fsp3) is 0.467. The average molecular weight is 276 g/mol. The van der Waals surface area contributed by atoms with Gasteiger partial charge in [-0.05, 0) is 31.5 Å². The van der Waals surface area contributed by atoms with Crippen LogP contribution in [0.2, 0.25) is 0 Å². The molecule has 0 saturated heterocycles. The normalized spacial score (nSPS) is 12.6. The van der Waals surface area contributed by atoms with Crippen LogP contribution in [-0.2, 0) is 13.5 Å². The van der Waals surface area contributed by atoms with Gasteiger partial charge in [-0.3, -0.25) is 4.68 Å². The van der Waals surface area contributed by atoms with Crippen LogP contribution < -0.4 is 5.32 Å². The van der Waals surface area contributed by atoms with E-state index in [0.717, 1.165) is 24.2 Å². The van der Waals surface area contributed by atoms with E-state index in [1.807, 2.05) is 32.3 Å². The van der Waals surface area contributed by atoms with Crippen LogP contribution in [0.4, 0.5) is 4.39 Å². The highest BCUT2D eigenvalue weighted by atomic mass is 19.1. The Morgan fingerprint density at radius 3 is 2.80 bits per heavy atom. The summed E-state index contributed by atoms with van der Waals surface area (Å²) in [7, 11) is 1.83. The minimum atomic E-state index is -0.164. The molecule has 1 aromatic heterocycles. The molecule has 0 amide bonds. The topological polar surface area (TPSA) is 42.7 Å². The van der Waals surface area contributed by atoms with Crippen LogP contribution in [0.15, 0.2) is 24.4 Å². The molecular formula is C15H21FN4. The van der Waals surface area contributed by atoms with Crippen LogP contribution in [0.25, 0.3) is 0 Å². The Morgan fingerprint density at radius 2 is 2.20 bits per heavy atom. The largest absolute Gasteiger partial charge is 0.310 e. The van der Waals surface area contributed by atoms with Crippen molar-refractivity contribution >= 4 is 0 Å². The predicted molar refractivity (Wildman–Crippen MR) is 76.9 cm³/mol. The third kappa shape index (κ3) is 3.63. The smallest absolute Gasteiger partial charge is 0.128 e. The second-order valence-corrected chi connectivity index (χ2v) is 5.12. The molecule has 1 aromatic carbocycles. The average Bonchev–Trinajstić information content (AvgIpc) is 2.80. The molecule has 0 radical (unpaired) electrons. The third-order valence-corrected chi connectivity index (χ3v) is 3.24. The van der Waals surface area contributed by atoms with Gasteiger partial charge in [0.05, 0.1) is 5.69 Å². The molecule has 0 bridgehead atoms. The maximum Gasteiger partial charge on any atom is 0.128 e. The lowest BCUT2D eigenvalue weighted by molar-refractivity contribution is 0.493. The molecule has 0 aliphatic rings. The van der Waals surface area contributed by atoms with Gasteiger partial charge in [0.15, 0.2) is 0 Å². The van der Waals surface area contributed by atoms with E-state index in [0.29, 0.717) is 12.0 Å². The number of rotatable bonds is 6. The van der Waals surface area contributed by atoms with E-state index in [9.17, 15) is 4.39 Å². The van der Waals surface area contributed by atoms with Gasteiger partial charge in [0.2, 0.25) is 0 Å². The van der Waals surface area contributed by atoms with Crippen LogP contribution in [0.1, 0.15) is 36.2 Å². The van der Waals surface area contributed by atoms with Crippen molar-refractivity contribution < 1.29 is 4.39 Å². The van der Waals surface area contributed by atoms with Crippen molar-refractivity contribution in [3.05, 3.63) is 47.0 Å². The molecular weight excluding hydrogens is 255 g/mol. The van der Waals surface area contributed by atoms with E-state index in [1.165, 1.54) is 0 Å². The minimum absolute atomic E-state index is 0.0766. The van der Waals surface area contributed by atoms with Crippen molar-refractivity contribution in [2.45, 2.75) is 32.7 Å². The van der Waals surface area contributed by atoms with Crippen LogP contribution >= 0.6 is 0 Å². The van der Waals surface area contributed by atoms with Gasteiger partial charge in [0.25, 0.3) is 0 Å². The van der Waals surface area contributed by atoms with Crippen molar-refractivity contribution in [1.82, 2.24) is 20.3 Å². The van der Waals surface area contributed by atoms with E-state index in [2.05, 4.69) is 22.6 Å². The van der Waals surface area contributed by atoms with Gasteiger partial charge in [-0.2, -0.15) is 0 Å². The molecule has 20 heavy (non-hydrogen) atoms. The number of hydrogen-bond acceptors (Lipinski definition) is 3. The van der Waals surface area contributed by atoms with Gasteiger partial charge in [0.1, 0.15) is 5.82 Å². The summed E-state index contributed by atoms with van der Waals surface area (Å²) in [5, 5.41) is 11.4. The van der Waals surface area contributed by atoms with E-state index in [-0.39, 0.29) is 11.9 Å². The quantitative estimate of drug-likeness (QED) is 0.881. The fourth-order valence-electron chi connectivity index (χ4n) is 2.22. The first-order valence-corrected chi connectivity index (χ1v) is 6.94. The number of benzene rings is 1. The molecule has 0 aliphatic heterocycles. The first-order chi connectivity index (χ1) is 9.60. The van der Waals surface area contributed by atoms with Crippen LogP contribution in [0.3, 0.4) is 0 Å². The van der Waals surface area contributed by atoms with Crippen LogP contribution in [0.5, 0.6) is 0 Å². The predicted octanol–water partition coefficient (Wildman–Crippen LogP) is 2.55. The molecule has 0 fully saturated rings. The standard InChI is InChI=1S/C15H21FN4/c1-4-7-17-15(9-12-10-20(3)19-18-12)13-6-5-11(2)8-14(13)16/h5-6,8,10,15,17H,4,7,9H2,1-3H3. The van der Waals surface area contributed by atoms with Gasteiger partial charge in [-0.15, -0.1) is 5.10 Å². The summed E-state index contributed by atoms with van der Waals surface area (Å²) in [5.74, 6) is -0.164. The highest BCUT2D eigenvalue weighted by Gasteiger charge is 2.17. The second-order valence-electron chi connectivity index (χ2n) is 5.12. The highest BCUT2D eigenvalue weighted by Crippen LogP contribution is 2.21. The molecule has 0 saturated carbocycles. The number of nitrogens with one attached hydrogen (secondary N) is 1. The van der Waals surface area contributed by atoms with Crippen molar-refractivity contribution in [3.8, 4) is 0 Å². The Balaban J connectivity index is 2.22. The highest BCUT2D eigenvalue weighted by molar-refractivity contribution is 5.27. The Morgan fingerprint density at radius 1 is 1.40 bits per heavy atom. The molecule has 1 atom stereocenters. The van der Waals surface area contributed by atoms with Crippen molar-refractivity contribution in [2.75, 3.05) is 6.54 Å². The van der Waals surface area contributed by atoms with Crippen LogP contribution in [-0.4, -0.2) is 21.5 Å². The maximum absolute atomic E-state index is 14.2. The number of aryl methyl sites for hydroxylation is 2. The summed E-state index contributed by atoms with van der Waals surface area (Å²) in [6.07, 6.45) is 3.50. The molecule has 5 heteroatoms. The molecule has 108 valence electrons. The monoisotopic (exact) mass is 276 g/mol. The molecule has 0 aliphatic carbocycles. The SMILES string of the molecule is CCCNC(Cc1cn(C)nn1)c1ccc(C)cc1F. The van der Waals surface area contributed by atoms with Gasteiger partial charge >= 0.3 is 0 Å². The summed E-state index contributed by atoms with van der Waals surface area (Å²) < 4.78 is 15.8. The van der Waals surface area contributed by atoms with E-state index in [1.54, 1.807) is 10.7 Å². The maximum atomic E-state index is 14.2. The Kier molecular flexibility index (Phi) is 4.84. The molecule has 2 aromatic rings. The molecule has 1 unspecified atom stereocenters. The van der Waals surface area contributed by atoms with Crippen LogP contribution in [0, 0.1) is 12.7 Å². The Labute approximate surface area is 119 Å². The number of nitrogens with zero attached hydrogens (tertiary/aromatic N) is 3.